The summed E-state index contributed by atoms with van der Waals surface area (Å²) in [7, 11) is 1.14. The number of aliphatic hydroxyl groups excluding tert-OH is 1. The molecule has 7 heteroatoms. The van der Waals surface area contributed by atoms with Crippen LogP contribution in [-0.4, -0.2) is 63.6 Å². The molecular weight excluding hydrogens is 340 g/mol. The predicted octanol–water partition coefficient (Wildman–Crippen LogP) is 3.04. The van der Waals surface area contributed by atoms with Crippen molar-refractivity contribution in [1.29, 1.82) is 0 Å². The fourth-order valence-corrected chi connectivity index (χ4v) is 4.65. The van der Waals surface area contributed by atoms with E-state index in [1.807, 2.05) is 6.92 Å². The maximum Gasteiger partial charge on any atom is 0.220 e. The van der Waals surface area contributed by atoms with Crippen molar-refractivity contribution in [2.45, 2.75) is 102 Å². The van der Waals surface area contributed by atoms with Crippen LogP contribution in [0.2, 0.25) is 18.1 Å². The van der Waals surface area contributed by atoms with E-state index >= 15 is 0 Å². The second kappa shape index (κ2) is 6.85. The van der Waals surface area contributed by atoms with Crippen molar-refractivity contribution in [3.8, 4) is 0 Å². The van der Waals surface area contributed by atoms with Gasteiger partial charge in [0.25, 0.3) is 0 Å². The van der Waals surface area contributed by atoms with E-state index < -0.39 is 26.0 Å². The number of aliphatic hydroxyl groups is 1. The van der Waals surface area contributed by atoms with Crippen molar-refractivity contribution < 1.29 is 28.5 Å². The normalized spacial score (nSPS) is 43.0. The van der Waals surface area contributed by atoms with E-state index in [1.165, 1.54) is 0 Å². The maximum absolute atomic E-state index is 10.4. The van der Waals surface area contributed by atoms with Crippen LogP contribution in [0.1, 0.15) is 47.5 Å². The quantitative estimate of drug-likeness (QED) is 0.761. The van der Waals surface area contributed by atoms with Crippen molar-refractivity contribution in [2.24, 2.45) is 0 Å². The van der Waals surface area contributed by atoms with Crippen LogP contribution in [-0.2, 0) is 23.4 Å². The van der Waals surface area contributed by atoms with Crippen molar-refractivity contribution in [1.82, 2.24) is 0 Å². The lowest BCUT2D eigenvalue weighted by Gasteiger charge is -2.56. The molecule has 1 heterocycles. The smallest absolute Gasteiger partial charge is 0.220 e. The largest absolute Gasteiger partial charge is 0.411 e. The monoisotopic (exact) mass is 376 g/mol. The second-order valence-corrected chi connectivity index (χ2v) is 13.8. The molecule has 0 unspecified atom stereocenters. The van der Waals surface area contributed by atoms with Gasteiger partial charge in [-0.2, -0.15) is 0 Å². The minimum absolute atomic E-state index is 0.0754. The average Bonchev–Trinajstić information content (AvgIpc) is 2.47. The summed E-state index contributed by atoms with van der Waals surface area (Å²) in [4.78, 5) is 0. The van der Waals surface area contributed by atoms with Crippen molar-refractivity contribution in [3.63, 3.8) is 0 Å². The molecule has 6 nitrogen and oxygen atoms in total. The van der Waals surface area contributed by atoms with Crippen LogP contribution in [0, 0.1) is 0 Å². The number of hydrogen-bond donors (Lipinski definition) is 1. The van der Waals surface area contributed by atoms with E-state index in [0.717, 1.165) is 0 Å². The Kier molecular flexibility index (Phi) is 5.83. The Hall–Kier alpha value is -0.0231. The molecule has 25 heavy (non-hydrogen) atoms. The molecule has 2 rings (SSSR count). The summed E-state index contributed by atoms with van der Waals surface area (Å²) in [5.41, 5.74) is 0. The van der Waals surface area contributed by atoms with E-state index in [2.05, 4.69) is 33.9 Å². The molecule has 1 aliphatic heterocycles. The number of hydrogen-bond acceptors (Lipinski definition) is 6. The van der Waals surface area contributed by atoms with Gasteiger partial charge in [-0.15, -0.1) is 0 Å². The van der Waals surface area contributed by atoms with Crippen molar-refractivity contribution in [3.05, 3.63) is 0 Å². The SMILES string of the molecule is CO[C@@]1(C)O[C@H]2[C@@H](C[C@@H](O)C[C@H]2O[Si](C)(C)C(C)(C)C)O[C@]1(C)OC. The van der Waals surface area contributed by atoms with E-state index in [0.29, 0.717) is 12.8 Å². The summed E-state index contributed by atoms with van der Waals surface area (Å²) < 4.78 is 30.4. The second-order valence-electron chi connectivity index (χ2n) is 9.08. The molecule has 0 amide bonds. The van der Waals surface area contributed by atoms with Crippen molar-refractivity contribution in [2.75, 3.05) is 14.2 Å². The minimum atomic E-state index is -2.02. The van der Waals surface area contributed by atoms with Gasteiger partial charge in [0.2, 0.25) is 11.6 Å². The highest BCUT2D eigenvalue weighted by atomic mass is 28.4. The molecule has 0 aromatic rings. The lowest BCUT2D eigenvalue weighted by molar-refractivity contribution is -0.458. The highest BCUT2D eigenvalue weighted by Crippen LogP contribution is 2.46. The zero-order valence-corrected chi connectivity index (χ0v) is 18.2. The number of rotatable bonds is 4. The highest BCUT2D eigenvalue weighted by Gasteiger charge is 2.60. The molecule has 1 aliphatic carbocycles. The summed E-state index contributed by atoms with van der Waals surface area (Å²) in [5.74, 6) is -2.11. The molecule has 1 saturated carbocycles. The van der Waals surface area contributed by atoms with Crippen molar-refractivity contribution >= 4 is 8.32 Å². The van der Waals surface area contributed by atoms with Crippen LogP contribution in [0.25, 0.3) is 0 Å². The standard InChI is InChI=1S/C18H36O6Si/c1-16(2,3)25(8,9)24-14-11-12(19)10-13-15(14)23-18(5,21-7)17(4,20-6)22-13/h12-15,19H,10-11H2,1-9H3/t12-,13-,14-,15+,17+,18+/m1/s1. The van der Waals surface area contributed by atoms with E-state index in [9.17, 15) is 5.11 Å². The van der Waals surface area contributed by atoms with Gasteiger partial charge in [0.15, 0.2) is 8.32 Å². The molecular formula is C18H36O6Si. The van der Waals surface area contributed by atoms with Crippen LogP contribution < -0.4 is 0 Å². The van der Waals surface area contributed by atoms with Gasteiger partial charge in [0.05, 0.1) is 18.3 Å². The molecule has 0 bridgehead atoms. The van der Waals surface area contributed by atoms with E-state index in [-0.39, 0.29) is 23.4 Å². The van der Waals surface area contributed by atoms with Gasteiger partial charge in [0, 0.05) is 27.1 Å². The Labute approximate surface area is 153 Å². The Morgan fingerprint density at radius 1 is 1.00 bits per heavy atom. The molecule has 0 aromatic carbocycles. The minimum Gasteiger partial charge on any atom is -0.411 e. The van der Waals surface area contributed by atoms with Gasteiger partial charge >= 0.3 is 0 Å². The van der Waals surface area contributed by atoms with Gasteiger partial charge in [-0.25, -0.2) is 0 Å². The zero-order valence-electron chi connectivity index (χ0n) is 17.2. The molecule has 2 fully saturated rings. The zero-order chi connectivity index (χ0) is 19.3. The average molecular weight is 377 g/mol. The third kappa shape index (κ3) is 3.83. The van der Waals surface area contributed by atoms with Gasteiger partial charge < -0.3 is 28.5 Å². The highest BCUT2D eigenvalue weighted by molar-refractivity contribution is 6.74. The van der Waals surface area contributed by atoms with Gasteiger partial charge in [0.1, 0.15) is 6.10 Å². The van der Waals surface area contributed by atoms with Crippen LogP contribution in [0.15, 0.2) is 0 Å². The number of methoxy groups -OCH3 is 2. The maximum atomic E-state index is 10.4. The fraction of sp³-hybridized carbons (Fsp3) is 1.00. The first-order chi connectivity index (χ1) is 11.3. The van der Waals surface area contributed by atoms with Gasteiger partial charge in [-0.05, 0) is 32.0 Å². The van der Waals surface area contributed by atoms with Crippen LogP contribution in [0.3, 0.4) is 0 Å². The lowest BCUT2D eigenvalue weighted by atomic mass is 9.87. The molecule has 2 aliphatic rings. The van der Waals surface area contributed by atoms with E-state index in [1.54, 1.807) is 21.1 Å². The summed E-state index contributed by atoms with van der Waals surface area (Å²) in [6, 6.07) is 0. The van der Waals surface area contributed by atoms with E-state index in [4.69, 9.17) is 23.4 Å². The molecule has 0 spiro atoms. The topological polar surface area (TPSA) is 66.4 Å². The lowest BCUT2D eigenvalue weighted by Crippen LogP contribution is -2.69. The van der Waals surface area contributed by atoms with Crippen LogP contribution in [0.5, 0.6) is 0 Å². The first kappa shape index (κ1) is 21.3. The molecule has 0 radical (unpaired) electrons. The van der Waals surface area contributed by atoms with Crippen LogP contribution >= 0.6 is 0 Å². The number of fused-ring (bicyclic) bond motifs is 1. The first-order valence-corrected chi connectivity index (χ1v) is 12.0. The Morgan fingerprint density at radius 3 is 2.00 bits per heavy atom. The Balaban J connectivity index is 2.29. The van der Waals surface area contributed by atoms with Gasteiger partial charge in [-0.3, -0.25) is 0 Å². The first-order valence-electron chi connectivity index (χ1n) is 9.10. The molecule has 0 aromatic heterocycles. The molecule has 1 N–H and O–H groups in total. The fourth-order valence-electron chi connectivity index (χ4n) is 3.31. The third-order valence-corrected chi connectivity index (χ3v) is 10.8. The predicted molar refractivity (Wildman–Crippen MR) is 97.9 cm³/mol. The Bertz CT molecular complexity index is 479. The molecule has 148 valence electrons. The number of ether oxygens (including phenoxy) is 4. The van der Waals surface area contributed by atoms with Crippen LogP contribution in [0.4, 0.5) is 0 Å². The Morgan fingerprint density at radius 2 is 1.52 bits per heavy atom. The summed E-state index contributed by atoms with van der Waals surface area (Å²) in [5, 5.41) is 10.5. The van der Waals surface area contributed by atoms with Gasteiger partial charge in [-0.1, -0.05) is 20.8 Å². The summed E-state index contributed by atoms with van der Waals surface area (Å²) in [6.07, 6.45) is -0.267. The third-order valence-electron chi connectivity index (χ3n) is 6.34. The molecule has 1 saturated heterocycles. The summed E-state index contributed by atoms with van der Waals surface area (Å²) >= 11 is 0. The molecule has 6 atom stereocenters. The summed E-state index contributed by atoms with van der Waals surface area (Å²) in [6.45, 7) is 14.7.